The summed E-state index contributed by atoms with van der Waals surface area (Å²) in [7, 11) is -2.19. The number of carbonyl (C=O) groups excluding carboxylic acids is 2. The molecular weight excluding hydrogens is 553 g/mol. The maximum atomic E-state index is 13.5. The lowest BCUT2D eigenvalue weighted by atomic mass is 9.96. The second-order valence-electron chi connectivity index (χ2n) is 9.08. The second kappa shape index (κ2) is 12.3. The summed E-state index contributed by atoms with van der Waals surface area (Å²) in [6, 6.07) is 9.30. The first kappa shape index (κ1) is 30.3. The molecule has 0 aliphatic carbocycles. The Morgan fingerprint density at radius 1 is 1.00 bits per heavy atom. The van der Waals surface area contributed by atoms with Crippen molar-refractivity contribution >= 4 is 21.7 Å². The summed E-state index contributed by atoms with van der Waals surface area (Å²) in [5.41, 5.74) is -1.94. The molecule has 10 nitrogen and oxygen atoms in total. The third kappa shape index (κ3) is 8.40. The Hall–Kier alpha value is -4.20. The van der Waals surface area contributed by atoms with Gasteiger partial charge in [-0.25, -0.2) is 18.4 Å². The highest BCUT2D eigenvalue weighted by molar-refractivity contribution is 7.90. The molecule has 0 fully saturated rings. The van der Waals surface area contributed by atoms with E-state index in [1.165, 1.54) is 51.0 Å². The van der Waals surface area contributed by atoms with Gasteiger partial charge in [0.25, 0.3) is 5.91 Å². The quantitative estimate of drug-likeness (QED) is 0.352. The zero-order valence-corrected chi connectivity index (χ0v) is 22.6. The van der Waals surface area contributed by atoms with Crippen LogP contribution in [0.5, 0.6) is 17.2 Å². The van der Waals surface area contributed by atoms with Crippen LogP contribution in [0, 0.1) is 0 Å². The van der Waals surface area contributed by atoms with Crippen LogP contribution in [0.3, 0.4) is 0 Å². The van der Waals surface area contributed by atoms with Gasteiger partial charge in [-0.15, -0.1) is 0 Å². The van der Waals surface area contributed by atoms with Crippen LogP contribution in [0.4, 0.5) is 13.2 Å². The number of sulfone groups is 1. The zero-order valence-electron chi connectivity index (χ0n) is 21.8. The molecule has 1 heterocycles. The molecule has 1 atom stereocenters. The fraction of sp³-hybridized carbons (Fsp3) is 0.308. The summed E-state index contributed by atoms with van der Waals surface area (Å²) >= 11 is 0. The molecule has 1 unspecified atom stereocenters. The average molecular weight is 581 g/mol. The van der Waals surface area contributed by atoms with Crippen LogP contribution in [-0.4, -0.2) is 54.9 Å². The van der Waals surface area contributed by atoms with Crippen LogP contribution in [-0.2, 0) is 27.4 Å². The third-order valence-electron chi connectivity index (χ3n) is 5.78. The number of nitrogens with one attached hydrogen (secondary N) is 2. The fourth-order valence-electron chi connectivity index (χ4n) is 3.49. The van der Waals surface area contributed by atoms with E-state index in [1.54, 1.807) is 12.1 Å². The third-order valence-corrected chi connectivity index (χ3v) is 6.73. The van der Waals surface area contributed by atoms with Gasteiger partial charge >= 0.3 is 6.18 Å². The number of rotatable bonds is 11. The van der Waals surface area contributed by atoms with E-state index < -0.39 is 44.7 Å². The molecule has 2 aromatic carbocycles. The summed E-state index contributed by atoms with van der Waals surface area (Å²) in [5, 5.41) is 5.22. The number of methoxy groups -OCH3 is 1. The van der Waals surface area contributed by atoms with Gasteiger partial charge in [0.15, 0.2) is 0 Å². The number of alkyl halides is 3. The summed E-state index contributed by atoms with van der Waals surface area (Å²) in [6.45, 7) is 1.38. The highest BCUT2D eigenvalue weighted by atomic mass is 32.2. The van der Waals surface area contributed by atoms with Gasteiger partial charge in [0.05, 0.1) is 18.4 Å². The van der Waals surface area contributed by atoms with Crippen molar-refractivity contribution in [2.24, 2.45) is 0 Å². The van der Waals surface area contributed by atoms with E-state index in [0.717, 1.165) is 18.4 Å². The maximum Gasteiger partial charge on any atom is 0.420 e. The lowest BCUT2D eigenvalue weighted by molar-refractivity contribution is -0.138. The Balaban J connectivity index is 1.71. The lowest BCUT2D eigenvalue weighted by Gasteiger charge is -2.29. The van der Waals surface area contributed by atoms with Crippen molar-refractivity contribution in [3.8, 4) is 17.2 Å². The van der Waals surface area contributed by atoms with Crippen molar-refractivity contribution < 1.29 is 40.7 Å². The summed E-state index contributed by atoms with van der Waals surface area (Å²) < 4.78 is 74.2. The van der Waals surface area contributed by atoms with Crippen molar-refractivity contribution in [2.75, 3.05) is 19.1 Å². The summed E-state index contributed by atoms with van der Waals surface area (Å²) in [6.07, 6.45) is -0.108. The number of carbonyl (C=O) groups is 2. The SMILES string of the molecule is COc1ccc(Oc2ccc(CNC(=O)C(C)(CCS(C)(=O)=O)NC(=O)c3cncnc3)cc2)c(C(F)(F)F)c1. The lowest BCUT2D eigenvalue weighted by Crippen LogP contribution is -2.57. The van der Waals surface area contributed by atoms with Crippen LogP contribution in [0.25, 0.3) is 0 Å². The van der Waals surface area contributed by atoms with Gasteiger partial charge in [-0.2, -0.15) is 13.2 Å². The van der Waals surface area contributed by atoms with E-state index in [0.29, 0.717) is 5.56 Å². The molecule has 1 aromatic heterocycles. The fourth-order valence-corrected chi connectivity index (χ4v) is 4.27. The van der Waals surface area contributed by atoms with Crippen molar-refractivity contribution in [1.29, 1.82) is 0 Å². The van der Waals surface area contributed by atoms with Crippen molar-refractivity contribution in [3.05, 3.63) is 77.9 Å². The summed E-state index contributed by atoms with van der Waals surface area (Å²) in [4.78, 5) is 33.3. The summed E-state index contributed by atoms with van der Waals surface area (Å²) in [5.74, 6) is -1.92. The molecule has 0 spiro atoms. The Labute approximate surface area is 228 Å². The van der Waals surface area contributed by atoms with E-state index in [9.17, 15) is 31.2 Å². The van der Waals surface area contributed by atoms with Crippen molar-refractivity contribution in [1.82, 2.24) is 20.6 Å². The highest BCUT2D eigenvalue weighted by Gasteiger charge is 2.36. The van der Waals surface area contributed by atoms with Gasteiger partial charge in [-0.1, -0.05) is 12.1 Å². The van der Waals surface area contributed by atoms with Crippen LogP contribution in [0.2, 0.25) is 0 Å². The number of benzene rings is 2. The molecule has 14 heteroatoms. The standard InChI is InChI=1S/C26H27F3N4O6S/c1-25(10-11-40(3,36)37,33-23(34)18-14-30-16-31-15-18)24(35)32-13-17-4-6-19(7-5-17)39-22-9-8-20(38-2)12-21(22)26(27,28)29/h4-9,12,14-16H,10-11,13H2,1-3H3,(H,32,35)(H,33,34). The first-order valence-electron chi connectivity index (χ1n) is 11.8. The highest BCUT2D eigenvalue weighted by Crippen LogP contribution is 2.40. The molecule has 0 saturated heterocycles. The first-order valence-corrected chi connectivity index (χ1v) is 13.8. The molecule has 3 aromatic rings. The minimum Gasteiger partial charge on any atom is -0.497 e. The van der Waals surface area contributed by atoms with Gasteiger partial charge in [0, 0.05) is 25.2 Å². The van der Waals surface area contributed by atoms with E-state index in [-0.39, 0.29) is 35.8 Å². The number of hydrogen-bond acceptors (Lipinski definition) is 8. The molecule has 0 aliphatic rings. The minimum atomic E-state index is -4.67. The number of nitrogens with zero attached hydrogens (tertiary/aromatic N) is 2. The largest absolute Gasteiger partial charge is 0.497 e. The molecule has 0 aliphatic heterocycles. The molecule has 40 heavy (non-hydrogen) atoms. The number of aromatic nitrogens is 2. The molecule has 0 saturated carbocycles. The van der Waals surface area contributed by atoms with Gasteiger partial charge in [0.1, 0.15) is 44.5 Å². The van der Waals surface area contributed by atoms with E-state index in [1.807, 2.05) is 0 Å². The molecular formula is C26H27F3N4O6S. The smallest absolute Gasteiger partial charge is 0.420 e. The average Bonchev–Trinajstić information content (AvgIpc) is 2.91. The Morgan fingerprint density at radius 2 is 1.62 bits per heavy atom. The molecule has 3 rings (SSSR count). The van der Waals surface area contributed by atoms with E-state index >= 15 is 0 Å². The van der Waals surface area contributed by atoms with E-state index in [2.05, 4.69) is 20.6 Å². The molecule has 0 bridgehead atoms. The molecule has 2 N–H and O–H groups in total. The maximum absolute atomic E-state index is 13.5. The molecule has 0 radical (unpaired) electrons. The van der Waals surface area contributed by atoms with Crippen LogP contribution >= 0.6 is 0 Å². The predicted octanol–water partition coefficient (Wildman–Crippen LogP) is 3.54. The Bertz CT molecular complexity index is 1450. The topological polar surface area (TPSA) is 137 Å². The first-order chi connectivity index (χ1) is 18.7. The van der Waals surface area contributed by atoms with Crippen molar-refractivity contribution in [2.45, 2.75) is 31.6 Å². The number of ether oxygens (including phenoxy) is 2. The second-order valence-corrected chi connectivity index (χ2v) is 11.3. The normalized spacial score (nSPS) is 13.2. The van der Waals surface area contributed by atoms with Crippen LogP contribution in [0.15, 0.2) is 61.2 Å². The van der Waals surface area contributed by atoms with Crippen LogP contribution < -0.4 is 20.1 Å². The van der Waals surface area contributed by atoms with Gasteiger partial charge in [-0.3, -0.25) is 9.59 Å². The van der Waals surface area contributed by atoms with Gasteiger partial charge < -0.3 is 20.1 Å². The number of halogens is 3. The van der Waals surface area contributed by atoms with Gasteiger partial charge in [-0.05, 0) is 49.2 Å². The number of amides is 2. The van der Waals surface area contributed by atoms with Crippen LogP contribution in [0.1, 0.15) is 34.8 Å². The van der Waals surface area contributed by atoms with Gasteiger partial charge in [0.2, 0.25) is 5.91 Å². The molecule has 214 valence electrons. The van der Waals surface area contributed by atoms with E-state index in [4.69, 9.17) is 9.47 Å². The number of hydrogen-bond donors (Lipinski definition) is 2. The monoisotopic (exact) mass is 580 g/mol. The minimum absolute atomic E-state index is 0.0196. The zero-order chi connectivity index (χ0) is 29.6. The Kier molecular flexibility index (Phi) is 9.35. The Morgan fingerprint density at radius 3 is 2.20 bits per heavy atom. The van der Waals surface area contributed by atoms with Crippen molar-refractivity contribution in [3.63, 3.8) is 0 Å². The predicted molar refractivity (Wildman–Crippen MR) is 139 cm³/mol. The molecule has 2 amide bonds.